The molecule has 0 saturated carbocycles. The summed E-state index contributed by atoms with van der Waals surface area (Å²) in [6, 6.07) is 12.4. The second kappa shape index (κ2) is 6.83. The molecule has 0 N–H and O–H groups in total. The maximum absolute atomic E-state index is 12.6. The predicted molar refractivity (Wildman–Crippen MR) is 92.3 cm³/mol. The molecular formula is C18H15Cl2NO3. The number of cyclic esters (lactones) is 1. The minimum absolute atomic E-state index is 0.270. The van der Waals surface area contributed by atoms with Crippen molar-refractivity contribution in [3.63, 3.8) is 0 Å². The Kier molecular flexibility index (Phi) is 4.78. The van der Waals surface area contributed by atoms with Crippen LogP contribution in [0.25, 0.3) is 0 Å². The third-order valence-corrected chi connectivity index (χ3v) is 4.84. The Balaban J connectivity index is 1.75. The average molecular weight is 364 g/mol. The summed E-state index contributed by atoms with van der Waals surface area (Å²) in [7, 11) is 1.65. The molecule has 4 nitrogen and oxygen atoms in total. The summed E-state index contributed by atoms with van der Waals surface area (Å²) < 4.78 is 5.30. The number of esters is 1. The molecule has 0 aromatic heterocycles. The van der Waals surface area contributed by atoms with Gasteiger partial charge in [-0.1, -0.05) is 53.5 Å². The van der Waals surface area contributed by atoms with Gasteiger partial charge in [-0.3, -0.25) is 4.79 Å². The number of carbonyl (C=O) groups is 2. The van der Waals surface area contributed by atoms with Crippen LogP contribution in [0.15, 0.2) is 42.5 Å². The summed E-state index contributed by atoms with van der Waals surface area (Å²) in [5.74, 6) is -0.738. The van der Waals surface area contributed by atoms with Crippen LogP contribution in [0.5, 0.6) is 0 Å². The maximum Gasteiger partial charge on any atom is 0.339 e. The number of hydrogen-bond acceptors (Lipinski definition) is 3. The molecule has 24 heavy (non-hydrogen) atoms. The van der Waals surface area contributed by atoms with Gasteiger partial charge in [-0.25, -0.2) is 4.79 Å². The van der Waals surface area contributed by atoms with Gasteiger partial charge in [0, 0.05) is 20.0 Å². The van der Waals surface area contributed by atoms with Crippen LogP contribution in [-0.2, 0) is 22.5 Å². The summed E-state index contributed by atoms with van der Waals surface area (Å²) >= 11 is 12.2. The summed E-state index contributed by atoms with van der Waals surface area (Å²) in [4.78, 5) is 26.2. The van der Waals surface area contributed by atoms with E-state index >= 15 is 0 Å². The van der Waals surface area contributed by atoms with Crippen molar-refractivity contribution in [2.45, 2.75) is 19.1 Å². The highest BCUT2D eigenvalue weighted by molar-refractivity contribution is 6.42. The van der Waals surface area contributed by atoms with Crippen LogP contribution in [0, 0.1) is 0 Å². The second-order valence-electron chi connectivity index (χ2n) is 5.66. The molecule has 0 aliphatic carbocycles. The van der Waals surface area contributed by atoms with E-state index in [1.807, 2.05) is 12.1 Å². The molecule has 1 amide bonds. The molecule has 6 heteroatoms. The van der Waals surface area contributed by atoms with Crippen LogP contribution in [0.3, 0.4) is 0 Å². The normalized spacial score (nSPS) is 16.3. The molecular weight excluding hydrogens is 349 g/mol. The van der Waals surface area contributed by atoms with Crippen LogP contribution in [0.1, 0.15) is 21.5 Å². The Hall–Kier alpha value is -2.04. The van der Waals surface area contributed by atoms with Crippen LogP contribution >= 0.6 is 23.2 Å². The molecule has 1 heterocycles. The fraction of sp³-hybridized carbons (Fsp3) is 0.222. The first kappa shape index (κ1) is 16.8. The highest BCUT2D eigenvalue weighted by Crippen LogP contribution is 2.27. The number of nitrogens with zero attached hydrogens (tertiary/aromatic N) is 1. The highest BCUT2D eigenvalue weighted by Gasteiger charge is 2.32. The van der Waals surface area contributed by atoms with E-state index in [1.54, 1.807) is 37.4 Å². The van der Waals surface area contributed by atoms with E-state index < -0.39 is 12.1 Å². The number of halogens is 2. The molecule has 0 fully saturated rings. The van der Waals surface area contributed by atoms with Crippen molar-refractivity contribution in [1.82, 2.24) is 4.90 Å². The Morgan fingerprint density at radius 3 is 2.75 bits per heavy atom. The second-order valence-corrected chi connectivity index (χ2v) is 6.45. The van der Waals surface area contributed by atoms with E-state index in [4.69, 9.17) is 27.9 Å². The number of ether oxygens (including phenoxy) is 1. The summed E-state index contributed by atoms with van der Waals surface area (Å²) in [6.45, 7) is 0.286. The number of amides is 1. The number of fused-ring (bicyclic) bond motifs is 1. The zero-order valence-corrected chi connectivity index (χ0v) is 14.5. The van der Waals surface area contributed by atoms with Crippen molar-refractivity contribution < 1.29 is 14.3 Å². The quantitative estimate of drug-likeness (QED) is 0.780. The molecule has 1 aliphatic heterocycles. The van der Waals surface area contributed by atoms with Gasteiger partial charge >= 0.3 is 5.97 Å². The van der Waals surface area contributed by atoms with Crippen molar-refractivity contribution in [1.29, 1.82) is 0 Å². The fourth-order valence-electron chi connectivity index (χ4n) is 2.72. The first-order valence-electron chi connectivity index (χ1n) is 7.44. The smallest absolute Gasteiger partial charge is 0.339 e. The zero-order valence-electron chi connectivity index (χ0n) is 13.0. The average Bonchev–Trinajstić information content (AvgIpc) is 2.58. The maximum atomic E-state index is 12.6. The van der Waals surface area contributed by atoms with Gasteiger partial charge in [0.2, 0.25) is 0 Å². The van der Waals surface area contributed by atoms with E-state index in [2.05, 4.69) is 0 Å². The summed E-state index contributed by atoms with van der Waals surface area (Å²) in [5.41, 5.74) is 2.07. The molecule has 1 aliphatic rings. The molecule has 1 atom stereocenters. The van der Waals surface area contributed by atoms with Crippen molar-refractivity contribution in [2.75, 3.05) is 7.05 Å². The lowest BCUT2D eigenvalue weighted by Crippen LogP contribution is -2.42. The first-order valence-corrected chi connectivity index (χ1v) is 8.19. The van der Waals surface area contributed by atoms with E-state index in [0.717, 1.165) is 11.1 Å². The molecule has 2 aromatic rings. The van der Waals surface area contributed by atoms with Gasteiger partial charge in [-0.05, 0) is 23.3 Å². The van der Waals surface area contributed by atoms with Gasteiger partial charge in [-0.2, -0.15) is 0 Å². The van der Waals surface area contributed by atoms with Crippen LogP contribution in [0.4, 0.5) is 0 Å². The molecule has 0 spiro atoms. The number of rotatable bonds is 3. The first-order chi connectivity index (χ1) is 11.5. The number of carbonyl (C=O) groups excluding carboxylic acids is 2. The van der Waals surface area contributed by atoms with Crippen molar-refractivity contribution in [2.24, 2.45) is 0 Å². The predicted octanol–water partition coefficient (Wildman–Crippen LogP) is 3.73. The largest absolute Gasteiger partial charge is 0.448 e. The zero-order chi connectivity index (χ0) is 17.3. The highest BCUT2D eigenvalue weighted by atomic mass is 35.5. The number of benzene rings is 2. The van der Waals surface area contributed by atoms with Crippen molar-refractivity contribution in [3.05, 3.63) is 69.2 Å². The lowest BCUT2D eigenvalue weighted by atomic mass is 9.98. The van der Waals surface area contributed by atoms with Gasteiger partial charge in [-0.15, -0.1) is 0 Å². The van der Waals surface area contributed by atoms with Crippen molar-refractivity contribution in [3.8, 4) is 0 Å². The Labute approximate surface area is 149 Å². The van der Waals surface area contributed by atoms with E-state index in [1.165, 1.54) is 4.90 Å². The molecule has 2 aromatic carbocycles. The van der Waals surface area contributed by atoms with Crippen LogP contribution in [0.2, 0.25) is 10.0 Å². The van der Waals surface area contributed by atoms with E-state index in [0.29, 0.717) is 22.0 Å². The van der Waals surface area contributed by atoms with Gasteiger partial charge in [0.05, 0.1) is 15.6 Å². The summed E-state index contributed by atoms with van der Waals surface area (Å²) in [5, 5.41) is 0.859. The third kappa shape index (κ3) is 3.25. The summed E-state index contributed by atoms with van der Waals surface area (Å²) in [6.07, 6.45) is -0.454. The Bertz CT molecular complexity index is 807. The minimum Gasteiger partial charge on any atom is -0.448 e. The van der Waals surface area contributed by atoms with E-state index in [9.17, 15) is 9.59 Å². The monoisotopic (exact) mass is 363 g/mol. The van der Waals surface area contributed by atoms with Crippen molar-refractivity contribution >= 4 is 35.1 Å². The van der Waals surface area contributed by atoms with E-state index in [-0.39, 0.29) is 12.5 Å². The van der Waals surface area contributed by atoms with Crippen LogP contribution < -0.4 is 0 Å². The lowest BCUT2D eigenvalue weighted by molar-refractivity contribution is -0.140. The molecule has 124 valence electrons. The lowest BCUT2D eigenvalue weighted by Gasteiger charge is -2.28. The topological polar surface area (TPSA) is 46.6 Å². The van der Waals surface area contributed by atoms with Gasteiger partial charge in [0.1, 0.15) is 0 Å². The SMILES string of the molecule is CN(Cc1cccc(Cl)c1Cl)C(=O)C1Cc2ccccc2C(=O)O1. The molecule has 1 unspecified atom stereocenters. The fourth-order valence-corrected chi connectivity index (χ4v) is 3.10. The Morgan fingerprint density at radius 1 is 1.21 bits per heavy atom. The number of likely N-dealkylation sites (N-methyl/N-ethyl adjacent to an activating group) is 1. The van der Waals surface area contributed by atoms with Gasteiger partial charge in [0.25, 0.3) is 5.91 Å². The standard InChI is InChI=1S/C18H15Cl2NO3/c1-21(10-12-6-4-8-14(19)16(12)20)17(22)15-9-11-5-2-3-7-13(11)18(23)24-15/h2-8,15H,9-10H2,1H3. The number of hydrogen-bond donors (Lipinski definition) is 0. The molecule has 3 rings (SSSR count). The molecule has 0 saturated heterocycles. The molecule has 0 radical (unpaired) electrons. The third-order valence-electron chi connectivity index (χ3n) is 3.98. The van der Waals surface area contributed by atoms with Crippen LogP contribution in [-0.4, -0.2) is 29.9 Å². The van der Waals surface area contributed by atoms with Gasteiger partial charge < -0.3 is 9.64 Å². The minimum atomic E-state index is -0.824. The van der Waals surface area contributed by atoms with Gasteiger partial charge in [0.15, 0.2) is 6.10 Å². The Morgan fingerprint density at radius 2 is 1.96 bits per heavy atom. The molecule has 0 bridgehead atoms.